The van der Waals surface area contributed by atoms with E-state index in [9.17, 15) is 4.79 Å². The van der Waals surface area contributed by atoms with Gasteiger partial charge >= 0.3 is 0 Å². The van der Waals surface area contributed by atoms with Gasteiger partial charge in [-0.15, -0.1) is 11.3 Å². The minimum atomic E-state index is 0.0941. The molecule has 22 heavy (non-hydrogen) atoms. The Kier molecular flexibility index (Phi) is 5.02. The van der Waals surface area contributed by atoms with Crippen molar-refractivity contribution in [1.29, 1.82) is 0 Å². The first kappa shape index (κ1) is 15.4. The van der Waals surface area contributed by atoms with Gasteiger partial charge in [0.1, 0.15) is 0 Å². The van der Waals surface area contributed by atoms with Gasteiger partial charge in [-0.25, -0.2) is 4.98 Å². The van der Waals surface area contributed by atoms with Gasteiger partial charge in [0.25, 0.3) is 0 Å². The fourth-order valence-electron chi connectivity index (χ4n) is 2.71. The molecule has 0 saturated carbocycles. The summed E-state index contributed by atoms with van der Waals surface area (Å²) in [5.74, 6) is 0.0941. The fourth-order valence-corrected chi connectivity index (χ4v) is 3.67. The minimum Gasteiger partial charge on any atom is -0.355 e. The Morgan fingerprint density at radius 1 is 1.36 bits per heavy atom. The number of nitrogens with one attached hydrogen (secondary N) is 1. The third-order valence-corrected chi connectivity index (χ3v) is 5.09. The number of thiazole rings is 1. The normalized spacial score (nSPS) is 17.0. The second kappa shape index (κ2) is 7.17. The number of nitrogens with two attached hydrogens (primary N) is 1. The predicted octanol–water partition coefficient (Wildman–Crippen LogP) is 1.38. The SMILES string of the molecule is NC1CCN(CC(=O)NCCc2nc3ccccc3s2)CC1. The summed E-state index contributed by atoms with van der Waals surface area (Å²) >= 11 is 1.70. The third-order valence-electron chi connectivity index (χ3n) is 4.00. The lowest BCUT2D eigenvalue weighted by Crippen LogP contribution is -2.44. The van der Waals surface area contributed by atoms with E-state index < -0.39 is 0 Å². The van der Waals surface area contributed by atoms with Crippen molar-refractivity contribution in [2.24, 2.45) is 5.73 Å². The van der Waals surface area contributed by atoms with Gasteiger partial charge in [0.05, 0.1) is 21.8 Å². The Hall–Kier alpha value is -1.50. The highest BCUT2D eigenvalue weighted by Gasteiger charge is 2.17. The molecule has 0 spiro atoms. The lowest BCUT2D eigenvalue weighted by atomic mass is 10.1. The maximum atomic E-state index is 12.0. The van der Waals surface area contributed by atoms with Gasteiger partial charge in [-0.3, -0.25) is 9.69 Å². The molecular formula is C16H22N4OS. The summed E-state index contributed by atoms with van der Waals surface area (Å²) < 4.78 is 1.20. The Morgan fingerprint density at radius 2 is 2.14 bits per heavy atom. The van der Waals surface area contributed by atoms with E-state index in [1.165, 1.54) is 4.70 Å². The van der Waals surface area contributed by atoms with Gasteiger partial charge in [-0.2, -0.15) is 0 Å². The molecule has 3 N–H and O–H groups in total. The zero-order chi connectivity index (χ0) is 15.4. The minimum absolute atomic E-state index is 0.0941. The van der Waals surface area contributed by atoms with E-state index in [1.807, 2.05) is 18.2 Å². The molecule has 1 aromatic heterocycles. The van der Waals surface area contributed by atoms with E-state index in [2.05, 4.69) is 21.3 Å². The molecule has 118 valence electrons. The van der Waals surface area contributed by atoms with Crippen LogP contribution in [0.25, 0.3) is 10.2 Å². The Morgan fingerprint density at radius 3 is 2.91 bits per heavy atom. The number of hydrogen-bond acceptors (Lipinski definition) is 5. The Bertz CT molecular complexity index is 601. The zero-order valence-corrected chi connectivity index (χ0v) is 13.4. The molecule has 6 heteroatoms. The predicted molar refractivity (Wildman–Crippen MR) is 90.0 cm³/mol. The van der Waals surface area contributed by atoms with Crippen molar-refractivity contribution >= 4 is 27.5 Å². The van der Waals surface area contributed by atoms with E-state index in [0.29, 0.717) is 19.1 Å². The van der Waals surface area contributed by atoms with Gasteiger partial charge in [-0.1, -0.05) is 12.1 Å². The molecule has 3 rings (SSSR count). The number of fused-ring (bicyclic) bond motifs is 1. The van der Waals surface area contributed by atoms with Crippen LogP contribution in [0.15, 0.2) is 24.3 Å². The Balaban J connectivity index is 1.41. The first-order valence-corrected chi connectivity index (χ1v) is 8.61. The van der Waals surface area contributed by atoms with Crippen molar-refractivity contribution in [2.75, 3.05) is 26.2 Å². The largest absolute Gasteiger partial charge is 0.355 e. The molecule has 0 radical (unpaired) electrons. The van der Waals surface area contributed by atoms with Crippen LogP contribution in [-0.4, -0.2) is 48.0 Å². The standard InChI is InChI=1S/C16H22N4OS/c17-12-6-9-20(10-7-12)11-15(21)18-8-5-16-19-13-3-1-2-4-14(13)22-16/h1-4,12H,5-11,17H2,(H,18,21). The van der Waals surface area contributed by atoms with Crippen molar-refractivity contribution in [3.05, 3.63) is 29.3 Å². The fraction of sp³-hybridized carbons (Fsp3) is 0.500. The molecule has 5 nitrogen and oxygen atoms in total. The molecule has 2 aromatic rings. The maximum absolute atomic E-state index is 12.0. The molecule has 1 fully saturated rings. The van der Waals surface area contributed by atoms with Crippen LogP contribution < -0.4 is 11.1 Å². The van der Waals surface area contributed by atoms with Crippen LogP contribution in [0.1, 0.15) is 17.8 Å². The molecule has 0 atom stereocenters. The van der Waals surface area contributed by atoms with E-state index in [4.69, 9.17) is 5.73 Å². The van der Waals surface area contributed by atoms with Crippen molar-refractivity contribution < 1.29 is 4.79 Å². The Labute approximate surface area is 134 Å². The lowest BCUT2D eigenvalue weighted by Gasteiger charge is -2.29. The van der Waals surface area contributed by atoms with Crippen molar-refractivity contribution in [2.45, 2.75) is 25.3 Å². The van der Waals surface area contributed by atoms with Gasteiger partial charge < -0.3 is 11.1 Å². The second-order valence-corrected chi connectivity index (χ2v) is 6.90. The molecule has 0 bridgehead atoms. The summed E-state index contributed by atoms with van der Waals surface area (Å²) in [4.78, 5) is 18.7. The van der Waals surface area contributed by atoms with Crippen LogP contribution in [0, 0.1) is 0 Å². The number of carbonyl (C=O) groups is 1. The maximum Gasteiger partial charge on any atom is 0.234 e. The average Bonchev–Trinajstić information content (AvgIpc) is 2.92. The molecule has 1 aromatic carbocycles. The monoisotopic (exact) mass is 318 g/mol. The number of aromatic nitrogens is 1. The summed E-state index contributed by atoms with van der Waals surface area (Å²) in [6, 6.07) is 8.43. The molecular weight excluding hydrogens is 296 g/mol. The molecule has 1 aliphatic rings. The summed E-state index contributed by atoms with van der Waals surface area (Å²) in [6.45, 7) is 2.97. The summed E-state index contributed by atoms with van der Waals surface area (Å²) in [5, 5.41) is 4.06. The van der Waals surface area contributed by atoms with E-state index >= 15 is 0 Å². The molecule has 0 unspecified atom stereocenters. The number of hydrogen-bond donors (Lipinski definition) is 2. The van der Waals surface area contributed by atoms with Gasteiger partial charge in [0.15, 0.2) is 0 Å². The highest BCUT2D eigenvalue weighted by atomic mass is 32.1. The van der Waals surface area contributed by atoms with Crippen LogP contribution in [-0.2, 0) is 11.2 Å². The van der Waals surface area contributed by atoms with Gasteiger partial charge in [0, 0.05) is 32.1 Å². The number of carbonyl (C=O) groups excluding carboxylic acids is 1. The van der Waals surface area contributed by atoms with Gasteiger partial charge in [-0.05, 0) is 25.0 Å². The van der Waals surface area contributed by atoms with Crippen molar-refractivity contribution in [3.63, 3.8) is 0 Å². The topological polar surface area (TPSA) is 71.2 Å². The molecule has 1 aliphatic heterocycles. The zero-order valence-electron chi connectivity index (χ0n) is 12.6. The quantitative estimate of drug-likeness (QED) is 0.874. The number of nitrogens with zero attached hydrogens (tertiary/aromatic N) is 2. The molecule has 1 amide bonds. The van der Waals surface area contributed by atoms with Crippen LogP contribution in [0.2, 0.25) is 0 Å². The van der Waals surface area contributed by atoms with Gasteiger partial charge in [0.2, 0.25) is 5.91 Å². The first-order valence-electron chi connectivity index (χ1n) is 7.80. The first-order chi connectivity index (χ1) is 10.7. The number of amides is 1. The number of para-hydroxylation sites is 1. The highest BCUT2D eigenvalue weighted by molar-refractivity contribution is 7.18. The smallest absolute Gasteiger partial charge is 0.234 e. The van der Waals surface area contributed by atoms with E-state index in [-0.39, 0.29) is 5.91 Å². The lowest BCUT2D eigenvalue weighted by molar-refractivity contribution is -0.122. The summed E-state index contributed by atoms with van der Waals surface area (Å²) in [6.07, 6.45) is 2.76. The van der Waals surface area contributed by atoms with Crippen LogP contribution >= 0.6 is 11.3 Å². The number of likely N-dealkylation sites (tertiary alicyclic amines) is 1. The van der Waals surface area contributed by atoms with Crippen LogP contribution in [0.3, 0.4) is 0 Å². The molecule has 2 heterocycles. The number of piperidine rings is 1. The summed E-state index contributed by atoms with van der Waals surface area (Å²) in [5.41, 5.74) is 6.91. The van der Waals surface area contributed by atoms with Crippen molar-refractivity contribution in [3.8, 4) is 0 Å². The third kappa shape index (κ3) is 4.03. The molecule has 1 saturated heterocycles. The number of rotatable bonds is 5. The average molecular weight is 318 g/mol. The number of benzene rings is 1. The highest BCUT2D eigenvalue weighted by Crippen LogP contribution is 2.21. The molecule has 0 aliphatic carbocycles. The van der Waals surface area contributed by atoms with Crippen molar-refractivity contribution in [1.82, 2.24) is 15.2 Å². The van der Waals surface area contributed by atoms with Crippen LogP contribution in [0.4, 0.5) is 0 Å². The second-order valence-electron chi connectivity index (χ2n) is 5.79. The van der Waals surface area contributed by atoms with E-state index in [1.54, 1.807) is 11.3 Å². The van der Waals surface area contributed by atoms with Crippen LogP contribution in [0.5, 0.6) is 0 Å². The summed E-state index contributed by atoms with van der Waals surface area (Å²) in [7, 11) is 0. The van der Waals surface area contributed by atoms with E-state index in [0.717, 1.165) is 42.9 Å².